The van der Waals surface area contributed by atoms with Crippen LogP contribution in [0.4, 0.5) is 0 Å². The molecular weight excluding hydrogens is 276 g/mol. The monoisotopic (exact) mass is 302 g/mol. The topological polar surface area (TPSA) is 56.7 Å². The van der Waals surface area contributed by atoms with E-state index in [-0.39, 0.29) is 12.5 Å². The first kappa shape index (κ1) is 16.3. The van der Waals surface area contributed by atoms with Gasteiger partial charge in [0.15, 0.2) is 5.96 Å². The third-order valence-electron chi connectivity index (χ3n) is 3.74. The molecule has 1 aromatic carbocycles. The number of hydrogen-bond donors (Lipinski definition) is 2. The molecular formula is C17H26N4O. The highest BCUT2D eigenvalue weighted by molar-refractivity contribution is 5.85. The molecule has 1 amide bonds. The molecule has 5 heteroatoms. The van der Waals surface area contributed by atoms with Crippen molar-refractivity contribution in [1.29, 1.82) is 0 Å². The van der Waals surface area contributed by atoms with E-state index >= 15 is 0 Å². The fourth-order valence-corrected chi connectivity index (χ4v) is 2.54. The van der Waals surface area contributed by atoms with Crippen molar-refractivity contribution in [3.63, 3.8) is 0 Å². The largest absolute Gasteiger partial charge is 0.357 e. The van der Waals surface area contributed by atoms with Crippen LogP contribution in [0.2, 0.25) is 0 Å². The number of benzene rings is 1. The highest BCUT2D eigenvalue weighted by Crippen LogP contribution is 2.18. The Hall–Kier alpha value is -2.04. The van der Waals surface area contributed by atoms with E-state index in [4.69, 9.17) is 0 Å². The molecule has 2 rings (SSSR count). The Morgan fingerprint density at radius 2 is 2.00 bits per heavy atom. The fourth-order valence-electron chi connectivity index (χ4n) is 2.54. The lowest BCUT2D eigenvalue weighted by molar-refractivity contribution is -0.130. The van der Waals surface area contributed by atoms with Gasteiger partial charge in [-0.15, -0.1) is 0 Å². The summed E-state index contributed by atoms with van der Waals surface area (Å²) in [6.07, 6.45) is 1.96. The Balaban J connectivity index is 1.92. The zero-order valence-corrected chi connectivity index (χ0v) is 13.6. The Labute approximate surface area is 132 Å². The summed E-state index contributed by atoms with van der Waals surface area (Å²) in [5.41, 5.74) is 2.61. The molecule has 22 heavy (non-hydrogen) atoms. The number of guanidine groups is 1. The van der Waals surface area contributed by atoms with Crippen LogP contribution in [-0.2, 0) is 17.8 Å². The van der Waals surface area contributed by atoms with Gasteiger partial charge in [-0.25, -0.2) is 4.99 Å². The fraction of sp³-hybridized carbons (Fsp3) is 0.529. The molecule has 0 atom stereocenters. The van der Waals surface area contributed by atoms with Crippen LogP contribution in [0.5, 0.6) is 0 Å². The summed E-state index contributed by atoms with van der Waals surface area (Å²) in [6.45, 7) is 7.45. The van der Waals surface area contributed by atoms with Crippen LogP contribution in [0.25, 0.3) is 0 Å². The summed E-state index contributed by atoms with van der Waals surface area (Å²) in [7, 11) is 0. The molecule has 120 valence electrons. The molecule has 0 saturated heterocycles. The molecule has 0 unspecified atom stereocenters. The second kappa shape index (κ2) is 8.41. The Bertz CT molecular complexity index is 527. The van der Waals surface area contributed by atoms with E-state index in [2.05, 4.69) is 40.7 Å². The zero-order chi connectivity index (χ0) is 15.8. The minimum atomic E-state index is 0.0863. The predicted molar refractivity (Wildman–Crippen MR) is 89.8 cm³/mol. The van der Waals surface area contributed by atoms with Crippen molar-refractivity contribution in [3.05, 3.63) is 35.4 Å². The molecule has 0 saturated carbocycles. The van der Waals surface area contributed by atoms with Gasteiger partial charge in [0.2, 0.25) is 5.91 Å². The number of rotatable bonds is 5. The van der Waals surface area contributed by atoms with Gasteiger partial charge in [-0.2, -0.15) is 0 Å². The summed E-state index contributed by atoms with van der Waals surface area (Å²) in [6, 6.07) is 8.34. The van der Waals surface area contributed by atoms with Gasteiger partial charge in [0.1, 0.15) is 6.54 Å². The van der Waals surface area contributed by atoms with Gasteiger partial charge in [0.25, 0.3) is 0 Å². The number of nitrogens with one attached hydrogen (secondary N) is 2. The Morgan fingerprint density at radius 3 is 2.73 bits per heavy atom. The Kier molecular flexibility index (Phi) is 6.25. The molecule has 0 fully saturated rings. The molecule has 5 nitrogen and oxygen atoms in total. The summed E-state index contributed by atoms with van der Waals surface area (Å²) in [4.78, 5) is 18.6. The van der Waals surface area contributed by atoms with Crippen molar-refractivity contribution >= 4 is 11.9 Å². The van der Waals surface area contributed by atoms with E-state index in [0.29, 0.717) is 6.54 Å². The lowest BCUT2D eigenvalue weighted by Gasteiger charge is -2.28. The van der Waals surface area contributed by atoms with Crippen molar-refractivity contribution in [1.82, 2.24) is 15.5 Å². The van der Waals surface area contributed by atoms with Crippen molar-refractivity contribution < 1.29 is 4.79 Å². The van der Waals surface area contributed by atoms with E-state index in [9.17, 15) is 4.79 Å². The van der Waals surface area contributed by atoms with E-state index in [0.717, 1.165) is 38.4 Å². The second-order valence-electron chi connectivity index (χ2n) is 5.46. The van der Waals surface area contributed by atoms with Gasteiger partial charge in [0.05, 0.1) is 0 Å². The first-order valence-corrected chi connectivity index (χ1v) is 8.11. The molecule has 0 spiro atoms. The molecule has 1 aliphatic rings. The van der Waals surface area contributed by atoms with Crippen LogP contribution >= 0.6 is 0 Å². The van der Waals surface area contributed by atoms with Crippen LogP contribution in [-0.4, -0.2) is 42.9 Å². The molecule has 2 N–H and O–H groups in total. The van der Waals surface area contributed by atoms with E-state index in [1.807, 2.05) is 17.9 Å². The second-order valence-corrected chi connectivity index (χ2v) is 5.46. The average molecular weight is 302 g/mol. The molecule has 0 aliphatic carbocycles. The number of carbonyl (C=O) groups is 1. The summed E-state index contributed by atoms with van der Waals surface area (Å²) in [5.74, 6) is 0.804. The lowest BCUT2D eigenvalue weighted by Crippen LogP contribution is -2.40. The molecule has 0 bridgehead atoms. The minimum Gasteiger partial charge on any atom is -0.357 e. The molecule has 1 heterocycles. The van der Waals surface area contributed by atoms with Crippen molar-refractivity contribution in [2.45, 2.75) is 33.2 Å². The van der Waals surface area contributed by atoms with E-state index < -0.39 is 0 Å². The SMILES string of the molecule is CCCNC(=NCC(=O)N1CCc2ccccc2C1)NCC. The predicted octanol–water partition coefficient (Wildman–Crippen LogP) is 1.54. The van der Waals surface area contributed by atoms with Crippen LogP contribution < -0.4 is 10.6 Å². The smallest absolute Gasteiger partial charge is 0.244 e. The van der Waals surface area contributed by atoms with Gasteiger partial charge >= 0.3 is 0 Å². The van der Waals surface area contributed by atoms with Crippen molar-refractivity contribution in [2.24, 2.45) is 4.99 Å². The van der Waals surface area contributed by atoms with Gasteiger partial charge in [-0.05, 0) is 30.9 Å². The number of nitrogens with zero attached hydrogens (tertiary/aromatic N) is 2. The van der Waals surface area contributed by atoms with E-state index in [1.165, 1.54) is 11.1 Å². The van der Waals surface area contributed by atoms with Gasteiger partial charge in [0, 0.05) is 26.2 Å². The molecule has 0 radical (unpaired) electrons. The average Bonchev–Trinajstić information content (AvgIpc) is 2.56. The van der Waals surface area contributed by atoms with Crippen LogP contribution in [0.1, 0.15) is 31.4 Å². The van der Waals surface area contributed by atoms with E-state index in [1.54, 1.807) is 0 Å². The van der Waals surface area contributed by atoms with Crippen molar-refractivity contribution in [3.8, 4) is 0 Å². The summed E-state index contributed by atoms with van der Waals surface area (Å²) < 4.78 is 0. The van der Waals surface area contributed by atoms with Gasteiger partial charge < -0.3 is 15.5 Å². The maximum atomic E-state index is 12.4. The normalized spacial score (nSPS) is 14.5. The van der Waals surface area contributed by atoms with Gasteiger partial charge in [-0.3, -0.25) is 4.79 Å². The highest BCUT2D eigenvalue weighted by atomic mass is 16.2. The summed E-state index contributed by atoms with van der Waals surface area (Å²) >= 11 is 0. The number of aliphatic imine (C=N–C) groups is 1. The van der Waals surface area contributed by atoms with Crippen molar-refractivity contribution in [2.75, 3.05) is 26.2 Å². The quantitative estimate of drug-likeness (QED) is 0.641. The van der Waals surface area contributed by atoms with Crippen LogP contribution in [0.3, 0.4) is 0 Å². The van der Waals surface area contributed by atoms with Crippen LogP contribution in [0, 0.1) is 0 Å². The maximum absolute atomic E-state index is 12.4. The highest BCUT2D eigenvalue weighted by Gasteiger charge is 2.19. The Morgan fingerprint density at radius 1 is 1.23 bits per heavy atom. The van der Waals surface area contributed by atoms with Crippen LogP contribution in [0.15, 0.2) is 29.3 Å². The first-order chi connectivity index (χ1) is 10.7. The maximum Gasteiger partial charge on any atom is 0.244 e. The lowest BCUT2D eigenvalue weighted by atomic mass is 10.00. The minimum absolute atomic E-state index is 0.0863. The first-order valence-electron chi connectivity index (χ1n) is 8.11. The zero-order valence-electron chi connectivity index (χ0n) is 13.6. The molecule has 1 aromatic rings. The third-order valence-corrected chi connectivity index (χ3v) is 3.74. The number of hydrogen-bond acceptors (Lipinski definition) is 2. The summed E-state index contributed by atoms with van der Waals surface area (Å²) in [5, 5.41) is 6.37. The van der Waals surface area contributed by atoms with Gasteiger partial charge in [-0.1, -0.05) is 31.2 Å². The molecule has 0 aromatic heterocycles. The number of carbonyl (C=O) groups excluding carboxylic acids is 1. The number of amides is 1. The molecule has 1 aliphatic heterocycles. The third kappa shape index (κ3) is 4.48. The number of fused-ring (bicyclic) bond motifs is 1. The standard InChI is InChI=1S/C17H26N4O/c1-3-10-19-17(18-4-2)20-12-16(22)21-11-9-14-7-5-6-8-15(14)13-21/h5-8H,3-4,9-13H2,1-2H3,(H2,18,19,20).